The Morgan fingerprint density at radius 1 is 1.52 bits per heavy atom. The highest BCUT2D eigenvalue weighted by molar-refractivity contribution is 7.09. The third-order valence-corrected chi connectivity index (χ3v) is 4.62. The predicted octanol–water partition coefficient (Wildman–Crippen LogP) is 3.07. The van der Waals surface area contributed by atoms with E-state index < -0.39 is 11.5 Å². The number of aliphatic carboxylic acids is 1. The molecule has 2 N–H and O–H groups in total. The molecule has 2 rings (SSSR count). The van der Waals surface area contributed by atoms with Gasteiger partial charge in [-0.1, -0.05) is 19.4 Å². The zero-order valence-corrected chi connectivity index (χ0v) is 13.3. The monoisotopic (exact) mass is 310 g/mol. The summed E-state index contributed by atoms with van der Waals surface area (Å²) in [5.74, 6) is -0.982. The van der Waals surface area contributed by atoms with Crippen molar-refractivity contribution in [2.24, 2.45) is 0 Å². The number of carbonyl (C=O) groups is 2. The van der Waals surface area contributed by atoms with Crippen molar-refractivity contribution in [2.75, 3.05) is 0 Å². The number of nitrogens with one attached hydrogen (secondary N) is 1. The molecule has 1 aliphatic rings. The fourth-order valence-electron chi connectivity index (χ4n) is 2.35. The summed E-state index contributed by atoms with van der Waals surface area (Å²) in [7, 11) is 0. The zero-order chi connectivity index (χ0) is 15.5. The Morgan fingerprint density at radius 2 is 2.24 bits per heavy atom. The van der Waals surface area contributed by atoms with Crippen LogP contribution in [0.1, 0.15) is 44.4 Å². The summed E-state index contributed by atoms with van der Waals surface area (Å²) in [5, 5.41) is 14.1. The van der Waals surface area contributed by atoms with Gasteiger partial charge in [0.25, 0.3) is 0 Å². The molecule has 2 amide bonds. The molecule has 0 aromatic carbocycles. The fraction of sp³-hybridized carbons (Fsp3) is 0.600. The molecule has 116 valence electrons. The Kier molecular flexibility index (Phi) is 4.88. The molecule has 1 saturated carbocycles. The van der Waals surface area contributed by atoms with E-state index in [0.29, 0.717) is 19.4 Å². The molecule has 1 atom stereocenters. The molecule has 0 saturated heterocycles. The lowest BCUT2D eigenvalue weighted by Crippen LogP contribution is -2.56. The maximum Gasteiger partial charge on any atom is 0.329 e. The van der Waals surface area contributed by atoms with Gasteiger partial charge in [0.1, 0.15) is 5.54 Å². The summed E-state index contributed by atoms with van der Waals surface area (Å²) < 4.78 is 0. The van der Waals surface area contributed by atoms with Gasteiger partial charge in [0.05, 0.1) is 6.54 Å². The van der Waals surface area contributed by atoms with Crippen molar-refractivity contribution >= 4 is 23.3 Å². The summed E-state index contributed by atoms with van der Waals surface area (Å²) in [5.41, 5.74) is -1.20. The van der Waals surface area contributed by atoms with Gasteiger partial charge in [-0.05, 0) is 37.6 Å². The van der Waals surface area contributed by atoms with Gasteiger partial charge in [0, 0.05) is 10.9 Å². The molecule has 0 radical (unpaired) electrons. The van der Waals surface area contributed by atoms with Crippen molar-refractivity contribution in [3.63, 3.8) is 0 Å². The van der Waals surface area contributed by atoms with E-state index in [4.69, 9.17) is 0 Å². The van der Waals surface area contributed by atoms with Crippen LogP contribution in [-0.2, 0) is 11.3 Å². The number of rotatable bonds is 7. The van der Waals surface area contributed by atoms with Crippen LogP contribution in [0.15, 0.2) is 17.5 Å². The second kappa shape index (κ2) is 6.47. The van der Waals surface area contributed by atoms with E-state index in [1.165, 1.54) is 0 Å². The van der Waals surface area contributed by atoms with Gasteiger partial charge in [-0.2, -0.15) is 0 Å². The van der Waals surface area contributed by atoms with E-state index in [1.807, 2.05) is 24.4 Å². The molecule has 1 unspecified atom stereocenters. The maximum absolute atomic E-state index is 12.5. The van der Waals surface area contributed by atoms with Crippen LogP contribution in [0, 0.1) is 0 Å². The Labute approximate surface area is 129 Å². The van der Waals surface area contributed by atoms with Gasteiger partial charge >= 0.3 is 12.0 Å². The third-order valence-electron chi connectivity index (χ3n) is 3.76. The molecule has 1 fully saturated rings. The van der Waals surface area contributed by atoms with Crippen LogP contribution in [0.2, 0.25) is 0 Å². The number of carboxylic acid groups (broad SMARTS) is 1. The highest BCUT2D eigenvalue weighted by atomic mass is 32.1. The molecule has 0 aliphatic heterocycles. The Bertz CT molecular complexity index is 499. The average molecular weight is 310 g/mol. The van der Waals surface area contributed by atoms with Crippen LogP contribution in [0.3, 0.4) is 0 Å². The van der Waals surface area contributed by atoms with Crippen LogP contribution >= 0.6 is 11.3 Å². The first-order chi connectivity index (χ1) is 9.96. The molecule has 1 heterocycles. The quantitative estimate of drug-likeness (QED) is 0.813. The lowest BCUT2D eigenvalue weighted by atomic mass is 9.96. The number of urea groups is 1. The minimum Gasteiger partial charge on any atom is -0.480 e. The van der Waals surface area contributed by atoms with Gasteiger partial charge in [-0.15, -0.1) is 11.3 Å². The van der Waals surface area contributed by atoms with Gasteiger partial charge in [0.15, 0.2) is 0 Å². The standard InChI is InChI=1S/C15H22N2O3S/c1-3-8-15(2,13(18)19)16-14(20)17(11-6-7-11)10-12-5-4-9-21-12/h4-5,9,11H,3,6-8,10H2,1-2H3,(H,16,20)(H,18,19). The number of carboxylic acids is 1. The molecule has 21 heavy (non-hydrogen) atoms. The van der Waals surface area contributed by atoms with E-state index in [0.717, 1.165) is 17.7 Å². The molecule has 5 nitrogen and oxygen atoms in total. The molecular formula is C15H22N2O3S. The minimum atomic E-state index is -1.20. The first-order valence-corrected chi connectivity index (χ1v) is 8.19. The number of carbonyl (C=O) groups excluding carboxylic acids is 1. The fourth-order valence-corrected chi connectivity index (χ4v) is 3.06. The van der Waals surface area contributed by atoms with E-state index in [-0.39, 0.29) is 12.1 Å². The third kappa shape index (κ3) is 3.97. The number of thiophene rings is 1. The van der Waals surface area contributed by atoms with Crippen molar-refractivity contribution in [3.05, 3.63) is 22.4 Å². The molecule has 0 bridgehead atoms. The maximum atomic E-state index is 12.5. The molecule has 1 aliphatic carbocycles. The summed E-state index contributed by atoms with van der Waals surface area (Å²) >= 11 is 1.61. The van der Waals surface area contributed by atoms with Crippen LogP contribution in [0.4, 0.5) is 4.79 Å². The van der Waals surface area contributed by atoms with Crippen molar-refractivity contribution in [3.8, 4) is 0 Å². The summed E-state index contributed by atoms with van der Waals surface area (Å²) in [6, 6.07) is 3.92. The Balaban J connectivity index is 2.06. The van der Waals surface area contributed by atoms with Crippen LogP contribution < -0.4 is 5.32 Å². The predicted molar refractivity (Wildman–Crippen MR) is 82.4 cm³/mol. The first kappa shape index (κ1) is 15.8. The van der Waals surface area contributed by atoms with E-state index >= 15 is 0 Å². The zero-order valence-electron chi connectivity index (χ0n) is 12.5. The summed E-state index contributed by atoms with van der Waals surface area (Å²) in [4.78, 5) is 26.8. The molecule has 6 heteroatoms. The second-order valence-corrected chi connectivity index (χ2v) is 6.79. The van der Waals surface area contributed by atoms with E-state index in [1.54, 1.807) is 23.2 Å². The van der Waals surface area contributed by atoms with Gasteiger partial charge in [0.2, 0.25) is 0 Å². The van der Waals surface area contributed by atoms with Crippen molar-refractivity contribution in [1.82, 2.24) is 10.2 Å². The van der Waals surface area contributed by atoms with Gasteiger partial charge < -0.3 is 15.3 Å². The lowest BCUT2D eigenvalue weighted by molar-refractivity contribution is -0.144. The van der Waals surface area contributed by atoms with Crippen molar-refractivity contribution in [2.45, 2.75) is 57.7 Å². The minimum absolute atomic E-state index is 0.242. The molecule has 1 aromatic heterocycles. The number of nitrogens with zero attached hydrogens (tertiary/aromatic N) is 1. The summed E-state index contributed by atoms with van der Waals surface area (Å²) in [6.07, 6.45) is 3.12. The smallest absolute Gasteiger partial charge is 0.329 e. The highest BCUT2D eigenvalue weighted by Gasteiger charge is 2.39. The number of amides is 2. The first-order valence-electron chi connectivity index (χ1n) is 7.31. The van der Waals surface area contributed by atoms with E-state index in [9.17, 15) is 14.7 Å². The van der Waals surface area contributed by atoms with E-state index in [2.05, 4.69) is 5.32 Å². The molecule has 0 spiro atoms. The molecule has 1 aromatic rings. The highest BCUT2D eigenvalue weighted by Crippen LogP contribution is 2.29. The van der Waals surface area contributed by atoms with Gasteiger partial charge in [-0.25, -0.2) is 9.59 Å². The van der Waals surface area contributed by atoms with Crippen LogP contribution in [0.5, 0.6) is 0 Å². The SMILES string of the molecule is CCCC(C)(NC(=O)N(Cc1cccs1)C1CC1)C(=O)O. The Hall–Kier alpha value is -1.56. The normalized spacial score (nSPS) is 17.0. The number of hydrogen-bond acceptors (Lipinski definition) is 3. The van der Waals surface area contributed by atoms with Crippen molar-refractivity contribution < 1.29 is 14.7 Å². The largest absolute Gasteiger partial charge is 0.480 e. The lowest BCUT2D eigenvalue weighted by Gasteiger charge is -2.30. The van der Waals surface area contributed by atoms with Crippen molar-refractivity contribution in [1.29, 1.82) is 0 Å². The number of hydrogen-bond donors (Lipinski definition) is 2. The van der Waals surface area contributed by atoms with Crippen LogP contribution in [-0.4, -0.2) is 33.6 Å². The topological polar surface area (TPSA) is 69.6 Å². The van der Waals surface area contributed by atoms with Gasteiger partial charge in [-0.3, -0.25) is 0 Å². The average Bonchev–Trinajstić information content (AvgIpc) is 3.12. The Morgan fingerprint density at radius 3 is 2.71 bits per heavy atom. The second-order valence-electron chi connectivity index (χ2n) is 5.76. The van der Waals surface area contributed by atoms with Crippen LogP contribution in [0.25, 0.3) is 0 Å². The summed E-state index contributed by atoms with van der Waals surface area (Å²) in [6.45, 7) is 4.04. The molecular weight excluding hydrogens is 288 g/mol.